The van der Waals surface area contributed by atoms with E-state index in [2.05, 4.69) is 12.2 Å². The molecule has 1 fully saturated rings. The largest absolute Gasteiger partial charge is 0.395 e. The fourth-order valence-corrected chi connectivity index (χ4v) is 1.73. The minimum atomic E-state index is 0.285. The minimum Gasteiger partial charge on any atom is -0.395 e. The molecule has 2 heteroatoms. The molecule has 0 amide bonds. The van der Waals surface area contributed by atoms with Crippen LogP contribution in [-0.4, -0.2) is 23.8 Å². The Bertz CT molecular complexity index is 95.7. The highest BCUT2D eigenvalue weighted by atomic mass is 16.3. The molecule has 1 rings (SSSR count). The predicted molar refractivity (Wildman–Crippen MR) is 46.6 cm³/mol. The molecule has 0 aromatic carbocycles. The molecule has 1 saturated carbocycles. The lowest BCUT2D eigenvalue weighted by atomic mass is 10.2. The lowest BCUT2D eigenvalue weighted by molar-refractivity contribution is 0.227. The summed E-state index contributed by atoms with van der Waals surface area (Å²) < 4.78 is 0. The Morgan fingerprint density at radius 1 is 1.45 bits per heavy atom. The Balaban J connectivity index is 2.16. The first kappa shape index (κ1) is 9.01. The molecule has 1 atom stereocenters. The fourth-order valence-electron chi connectivity index (χ4n) is 1.73. The van der Waals surface area contributed by atoms with E-state index in [4.69, 9.17) is 5.11 Å². The Morgan fingerprint density at radius 2 is 2.09 bits per heavy atom. The van der Waals surface area contributed by atoms with Crippen molar-refractivity contribution < 1.29 is 5.11 Å². The molecule has 0 spiro atoms. The van der Waals surface area contributed by atoms with E-state index < -0.39 is 0 Å². The van der Waals surface area contributed by atoms with E-state index in [1.807, 2.05) is 0 Å². The molecule has 0 saturated heterocycles. The summed E-state index contributed by atoms with van der Waals surface area (Å²) in [5.41, 5.74) is 0. The third-order valence-corrected chi connectivity index (χ3v) is 2.54. The van der Waals surface area contributed by atoms with Gasteiger partial charge >= 0.3 is 0 Å². The summed E-state index contributed by atoms with van der Waals surface area (Å²) in [4.78, 5) is 0. The highest BCUT2D eigenvalue weighted by Gasteiger charge is 2.17. The maximum Gasteiger partial charge on any atom is 0.0584 e. The van der Waals surface area contributed by atoms with E-state index >= 15 is 0 Å². The summed E-state index contributed by atoms with van der Waals surface area (Å²) in [6.07, 6.45) is 6.36. The summed E-state index contributed by atoms with van der Waals surface area (Å²) in [5.74, 6) is 0. The van der Waals surface area contributed by atoms with Crippen molar-refractivity contribution in [1.82, 2.24) is 5.32 Å². The van der Waals surface area contributed by atoms with Crippen LogP contribution < -0.4 is 5.32 Å². The van der Waals surface area contributed by atoms with Gasteiger partial charge in [0.1, 0.15) is 0 Å². The lowest BCUT2D eigenvalue weighted by Crippen LogP contribution is -2.38. The standard InChI is InChI=1S/C9H19NO/c1-2-8(7-11)10-9-5-3-4-6-9/h8-11H,2-7H2,1H3. The number of nitrogens with one attached hydrogen (secondary N) is 1. The molecule has 1 aliphatic rings. The first-order chi connectivity index (χ1) is 5.36. The summed E-state index contributed by atoms with van der Waals surface area (Å²) in [5, 5.41) is 12.4. The van der Waals surface area contributed by atoms with Gasteiger partial charge in [-0.05, 0) is 19.3 Å². The van der Waals surface area contributed by atoms with Crippen LogP contribution in [-0.2, 0) is 0 Å². The number of rotatable bonds is 4. The van der Waals surface area contributed by atoms with Gasteiger partial charge in [0.25, 0.3) is 0 Å². The monoisotopic (exact) mass is 157 g/mol. The third kappa shape index (κ3) is 2.80. The van der Waals surface area contributed by atoms with Gasteiger partial charge in [0.2, 0.25) is 0 Å². The maximum absolute atomic E-state index is 8.92. The van der Waals surface area contributed by atoms with Crippen LogP contribution in [0.2, 0.25) is 0 Å². The Labute approximate surface area is 69.0 Å². The van der Waals surface area contributed by atoms with Gasteiger partial charge in [-0.1, -0.05) is 19.8 Å². The molecule has 1 aliphatic carbocycles. The second-order valence-electron chi connectivity index (χ2n) is 3.44. The minimum absolute atomic E-state index is 0.285. The zero-order chi connectivity index (χ0) is 8.10. The highest BCUT2D eigenvalue weighted by Crippen LogP contribution is 2.18. The zero-order valence-electron chi connectivity index (χ0n) is 7.34. The van der Waals surface area contributed by atoms with Crippen LogP contribution in [0.4, 0.5) is 0 Å². The normalized spacial score (nSPS) is 22.4. The van der Waals surface area contributed by atoms with E-state index in [0.29, 0.717) is 12.1 Å². The predicted octanol–water partition coefficient (Wildman–Crippen LogP) is 1.29. The third-order valence-electron chi connectivity index (χ3n) is 2.54. The van der Waals surface area contributed by atoms with Gasteiger partial charge in [-0.15, -0.1) is 0 Å². The Morgan fingerprint density at radius 3 is 2.55 bits per heavy atom. The molecule has 66 valence electrons. The fraction of sp³-hybridized carbons (Fsp3) is 1.00. The van der Waals surface area contributed by atoms with E-state index in [1.165, 1.54) is 25.7 Å². The maximum atomic E-state index is 8.92. The van der Waals surface area contributed by atoms with Crippen molar-refractivity contribution in [2.24, 2.45) is 0 Å². The van der Waals surface area contributed by atoms with Gasteiger partial charge in [-0.25, -0.2) is 0 Å². The Kier molecular flexibility index (Phi) is 3.87. The van der Waals surface area contributed by atoms with Crippen molar-refractivity contribution in [3.8, 4) is 0 Å². The molecule has 0 aliphatic heterocycles. The van der Waals surface area contributed by atoms with Crippen LogP contribution in [0.3, 0.4) is 0 Å². The smallest absolute Gasteiger partial charge is 0.0584 e. The van der Waals surface area contributed by atoms with Crippen molar-refractivity contribution in [2.75, 3.05) is 6.61 Å². The average molecular weight is 157 g/mol. The summed E-state index contributed by atoms with van der Waals surface area (Å²) in [7, 11) is 0. The van der Waals surface area contributed by atoms with Crippen molar-refractivity contribution in [2.45, 2.75) is 51.1 Å². The Hall–Kier alpha value is -0.0800. The molecule has 0 aromatic heterocycles. The number of aliphatic hydroxyl groups is 1. The average Bonchev–Trinajstić information content (AvgIpc) is 2.52. The molecular formula is C9H19NO. The molecule has 11 heavy (non-hydrogen) atoms. The van der Waals surface area contributed by atoms with Crippen LogP contribution in [0.1, 0.15) is 39.0 Å². The topological polar surface area (TPSA) is 32.3 Å². The molecule has 1 unspecified atom stereocenters. The molecule has 0 heterocycles. The van der Waals surface area contributed by atoms with E-state index in [-0.39, 0.29) is 6.61 Å². The van der Waals surface area contributed by atoms with Gasteiger partial charge in [0, 0.05) is 12.1 Å². The van der Waals surface area contributed by atoms with E-state index in [9.17, 15) is 0 Å². The first-order valence-corrected chi connectivity index (χ1v) is 4.73. The highest BCUT2D eigenvalue weighted by molar-refractivity contribution is 4.77. The lowest BCUT2D eigenvalue weighted by Gasteiger charge is -2.19. The van der Waals surface area contributed by atoms with Crippen molar-refractivity contribution in [3.05, 3.63) is 0 Å². The number of hydrogen-bond acceptors (Lipinski definition) is 2. The second kappa shape index (κ2) is 4.73. The molecule has 0 bridgehead atoms. The quantitative estimate of drug-likeness (QED) is 0.644. The van der Waals surface area contributed by atoms with Crippen LogP contribution in [0, 0.1) is 0 Å². The molecule has 0 radical (unpaired) electrons. The van der Waals surface area contributed by atoms with Crippen molar-refractivity contribution in [3.63, 3.8) is 0 Å². The molecule has 0 aromatic rings. The van der Waals surface area contributed by atoms with E-state index in [0.717, 1.165) is 6.42 Å². The molecule has 2 nitrogen and oxygen atoms in total. The van der Waals surface area contributed by atoms with Gasteiger partial charge in [0.05, 0.1) is 6.61 Å². The van der Waals surface area contributed by atoms with E-state index in [1.54, 1.807) is 0 Å². The van der Waals surface area contributed by atoms with Crippen LogP contribution in [0.25, 0.3) is 0 Å². The summed E-state index contributed by atoms with van der Waals surface area (Å²) >= 11 is 0. The molecular weight excluding hydrogens is 138 g/mol. The summed E-state index contributed by atoms with van der Waals surface area (Å²) in [6.45, 7) is 2.40. The van der Waals surface area contributed by atoms with Gasteiger partial charge in [-0.2, -0.15) is 0 Å². The van der Waals surface area contributed by atoms with Gasteiger partial charge < -0.3 is 10.4 Å². The first-order valence-electron chi connectivity index (χ1n) is 4.73. The number of hydrogen-bond donors (Lipinski definition) is 2. The van der Waals surface area contributed by atoms with Crippen LogP contribution in [0.5, 0.6) is 0 Å². The number of aliphatic hydroxyl groups excluding tert-OH is 1. The molecule has 2 N–H and O–H groups in total. The van der Waals surface area contributed by atoms with Crippen molar-refractivity contribution >= 4 is 0 Å². The second-order valence-corrected chi connectivity index (χ2v) is 3.44. The van der Waals surface area contributed by atoms with Gasteiger partial charge in [0.15, 0.2) is 0 Å². The van der Waals surface area contributed by atoms with Crippen LogP contribution >= 0.6 is 0 Å². The van der Waals surface area contributed by atoms with Crippen molar-refractivity contribution in [1.29, 1.82) is 0 Å². The zero-order valence-corrected chi connectivity index (χ0v) is 7.34. The summed E-state index contributed by atoms with van der Waals surface area (Å²) in [6, 6.07) is 1.02. The SMILES string of the molecule is CCC(CO)NC1CCCC1. The van der Waals surface area contributed by atoms with Crippen LogP contribution in [0.15, 0.2) is 0 Å². The van der Waals surface area contributed by atoms with Gasteiger partial charge in [-0.3, -0.25) is 0 Å².